The third kappa shape index (κ3) is 2.23. The first-order valence-corrected chi connectivity index (χ1v) is 9.55. The SMILES string of the molecule is COC(=O)C1=CO[C@H](C)[C@H]2C[NH+]3CCc4c([nH]c5ccccc45)C3CC12.[HH].[HH]. The zero-order valence-electron chi connectivity index (χ0n) is 15.2. The number of rotatable bonds is 1. The van der Waals surface area contributed by atoms with E-state index in [2.05, 4.69) is 36.2 Å². The van der Waals surface area contributed by atoms with E-state index in [-0.39, 0.29) is 20.8 Å². The fraction of sp³-hybridized carbons (Fsp3) is 0.476. The summed E-state index contributed by atoms with van der Waals surface area (Å²) in [5.41, 5.74) is 4.77. The van der Waals surface area contributed by atoms with Crippen molar-refractivity contribution < 1.29 is 22.0 Å². The molecule has 2 aromatic rings. The third-order valence-electron chi connectivity index (χ3n) is 6.72. The second-order valence-corrected chi connectivity index (χ2v) is 7.89. The normalized spacial score (nSPS) is 32.7. The number of fused-ring (bicyclic) bond motifs is 6. The third-order valence-corrected chi connectivity index (χ3v) is 6.72. The van der Waals surface area contributed by atoms with Gasteiger partial charge in [-0.2, -0.15) is 0 Å². The number of aromatic nitrogens is 1. The first-order chi connectivity index (χ1) is 12.7. The number of para-hydroxylation sites is 1. The minimum absolute atomic E-state index is 0. The van der Waals surface area contributed by atoms with Gasteiger partial charge in [-0.15, -0.1) is 0 Å². The number of quaternary nitrogens is 1. The van der Waals surface area contributed by atoms with E-state index >= 15 is 0 Å². The lowest BCUT2D eigenvalue weighted by Gasteiger charge is -2.46. The van der Waals surface area contributed by atoms with Gasteiger partial charge in [0, 0.05) is 32.5 Å². The largest absolute Gasteiger partial charge is 0.497 e. The molecular formula is C21H29N2O3+. The lowest BCUT2D eigenvalue weighted by molar-refractivity contribution is -0.944. The number of hydrogen-bond acceptors (Lipinski definition) is 3. The van der Waals surface area contributed by atoms with Gasteiger partial charge in [0.05, 0.1) is 43.6 Å². The molecule has 5 nitrogen and oxygen atoms in total. The van der Waals surface area contributed by atoms with Gasteiger partial charge in [-0.1, -0.05) is 18.2 Å². The van der Waals surface area contributed by atoms with Gasteiger partial charge in [0.15, 0.2) is 0 Å². The molecule has 5 heteroatoms. The van der Waals surface area contributed by atoms with Crippen LogP contribution in [0.5, 0.6) is 0 Å². The van der Waals surface area contributed by atoms with Crippen molar-refractivity contribution in [1.29, 1.82) is 0 Å². The number of methoxy groups -OCH3 is 1. The first kappa shape index (κ1) is 15.9. The number of carbonyl (C=O) groups is 1. The first-order valence-electron chi connectivity index (χ1n) is 9.55. The van der Waals surface area contributed by atoms with Gasteiger partial charge in [0.25, 0.3) is 0 Å². The second-order valence-electron chi connectivity index (χ2n) is 7.89. The average Bonchev–Trinajstić information content (AvgIpc) is 3.06. The van der Waals surface area contributed by atoms with Crippen LogP contribution in [0.4, 0.5) is 0 Å². The van der Waals surface area contributed by atoms with Crippen molar-refractivity contribution in [2.24, 2.45) is 11.8 Å². The Morgan fingerprint density at radius 3 is 3.08 bits per heavy atom. The number of hydrogen-bond donors (Lipinski definition) is 2. The van der Waals surface area contributed by atoms with Crippen molar-refractivity contribution in [2.75, 3.05) is 20.2 Å². The number of H-pyrrole nitrogens is 1. The van der Waals surface area contributed by atoms with E-state index in [4.69, 9.17) is 9.47 Å². The van der Waals surface area contributed by atoms with Crippen LogP contribution in [0.3, 0.4) is 0 Å². The molecule has 0 spiro atoms. The maximum atomic E-state index is 12.3. The van der Waals surface area contributed by atoms with Gasteiger partial charge in [-0.3, -0.25) is 0 Å². The van der Waals surface area contributed by atoms with E-state index in [1.165, 1.54) is 29.3 Å². The van der Waals surface area contributed by atoms with Gasteiger partial charge >= 0.3 is 5.97 Å². The quantitative estimate of drug-likeness (QED) is 0.770. The van der Waals surface area contributed by atoms with Gasteiger partial charge in [0.2, 0.25) is 0 Å². The Hall–Kier alpha value is -2.27. The smallest absolute Gasteiger partial charge is 0.337 e. The van der Waals surface area contributed by atoms with Crippen LogP contribution in [0.2, 0.25) is 0 Å². The van der Waals surface area contributed by atoms with E-state index < -0.39 is 0 Å². The van der Waals surface area contributed by atoms with Crippen molar-refractivity contribution in [1.82, 2.24) is 4.98 Å². The van der Waals surface area contributed by atoms with Crippen LogP contribution >= 0.6 is 0 Å². The molecule has 140 valence electrons. The van der Waals surface area contributed by atoms with Crippen molar-refractivity contribution in [3.63, 3.8) is 0 Å². The Morgan fingerprint density at radius 2 is 2.23 bits per heavy atom. The van der Waals surface area contributed by atoms with Crippen molar-refractivity contribution in [2.45, 2.75) is 31.9 Å². The Kier molecular flexibility index (Phi) is 3.60. The Bertz CT molecular complexity index is 910. The highest BCUT2D eigenvalue weighted by Crippen LogP contribution is 2.41. The fourth-order valence-electron chi connectivity index (χ4n) is 5.39. The van der Waals surface area contributed by atoms with Gasteiger partial charge in [0.1, 0.15) is 12.1 Å². The van der Waals surface area contributed by atoms with Crippen LogP contribution in [0, 0.1) is 11.8 Å². The predicted molar refractivity (Wildman–Crippen MR) is 102 cm³/mol. The molecule has 5 rings (SSSR count). The zero-order valence-corrected chi connectivity index (χ0v) is 15.2. The van der Waals surface area contributed by atoms with Crippen LogP contribution in [0.1, 0.15) is 33.5 Å². The lowest BCUT2D eigenvalue weighted by Crippen LogP contribution is -3.15. The summed E-state index contributed by atoms with van der Waals surface area (Å²) in [4.78, 5) is 17.6. The molecule has 26 heavy (non-hydrogen) atoms. The molecule has 2 N–H and O–H groups in total. The number of benzene rings is 1. The summed E-state index contributed by atoms with van der Waals surface area (Å²) >= 11 is 0. The fourth-order valence-corrected chi connectivity index (χ4v) is 5.39. The number of nitrogens with one attached hydrogen (secondary N) is 2. The summed E-state index contributed by atoms with van der Waals surface area (Å²) in [7, 11) is 1.45. The number of carbonyl (C=O) groups excluding carboxylic acids is 1. The molecule has 1 aromatic heterocycles. The number of piperidine rings is 1. The lowest BCUT2D eigenvalue weighted by atomic mass is 9.72. The molecular weight excluding hydrogens is 328 g/mol. The summed E-state index contributed by atoms with van der Waals surface area (Å²) in [6.07, 6.45) is 3.87. The zero-order chi connectivity index (χ0) is 17.8. The van der Waals surface area contributed by atoms with Crippen LogP contribution in [-0.4, -0.2) is 37.3 Å². The van der Waals surface area contributed by atoms with Crippen molar-refractivity contribution in [3.8, 4) is 0 Å². The highest BCUT2D eigenvalue weighted by molar-refractivity contribution is 5.89. The highest BCUT2D eigenvalue weighted by Gasteiger charge is 2.49. The molecule has 0 saturated carbocycles. The van der Waals surface area contributed by atoms with E-state index in [0.29, 0.717) is 17.5 Å². The molecule has 0 amide bonds. The van der Waals surface area contributed by atoms with Crippen molar-refractivity contribution in [3.05, 3.63) is 47.4 Å². The minimum atomic E-state index is -0.247. The summed E-state index contributed by atoms with van der Waals surface area (Å²) < 4.78 is 10.8. The molecule has 4 heterocycles. The Labute approximate surface area is 155 Å². The Morgan fingerprint density at radius 1 is 1.38 bits per heavy atom. The van der Waals surface area contributed by atoms with E-state index in [1.54, 1.807) is 11.2 Å². The molecule has 5 atom stereocenters. The van der Waals surface area contributed by atoms with Crippen molar-refractivity contribution >= 4 is 16.9 Å². The second kappa shape index (κ2) is 5.88. The summed E-state index contributed by atoms with van der Waals surface area (Å²) in [5, 5.41) is 1.35. The number of esters is 1. The Balaban J connectivity index is 0.00000112. The molecule has 3 aliphatic heterocycles. The predicted octanol–water partition coefficient (Wildman–Crippen LogP) is 2.25. The van der Waals surface area contributed by atoms with Gasteiger partial charge in [-0.05, 0) is 18.6 Å². The molecule has 1 aromatic carbocycles. The highest BCUT2D eigenvalue weighted by atomic mass is 16.5. The van der Waals surface area contributed by atoms with Gasteiger partial charge in [-0.25, -0.2) is 4.79 Å². The maximum absolute atomic E-state index is 12.3. The minimum Gasteiger partial charge on any atom is -0.497 e. The molecule has 1 fully saturated rings. The van der Waals surface area contributed by atoms with E-state index in [1.807, 2.05) is 0 Å². The van der Waals surface area contributed by atoms with Gasteiger partial charge < -0.3 is 19.4 Å². The maximum Gasteiger partial charge on any atom is 0.337 e. The standard InChI is InChI=1S/C21H24N2O3.2H2/c1-12-16-10-23-8-7-14-13-5-3-4-6-18(13)22-20(14)19(23)9-15(16)17(11-26-12)21(24)25-2;;/h3-6,11-12,15-16,19,22H,7-10H2,1-2H3;2*1H/p+1/t12-,15?,16-,19?;;/m1../s1. The van der Waals surface area contributed by atoms with E-state index in [9.17, 15) is 4.79 Å². The molecule has 3 aliphatic rings. The molecule has 0 radical (unpaired) electrons. The average molecular weight is 357 g/mol. The summed E-state index contributed by atoms with van der Waals surface area (Å²) in [5.74, 6) is 0.326. The number of aromatic amines is 1. The van der Waals surface area contributed by atoms with Crippen LogP contribution in [0.15, 0.2) is 36.1 Å². The van der Waals surface area contributed by atoms with Crippen LogP contribution < -0.4 is 4.90 Å². The van der Waals surface area contributed by atoms with E-state index in [0.717, 1.165) is 25.9 Å². The molecule has 0 bridgehead atoms. The topological polar surface area (TPSA) is 55.8 Å². The molecule has 1 saturated heterocycles. The van der Waals surface area contributed by atoms with Crippen LogP contribution in [0.25, 0.3) is 10.9 Å². The summed E-state index contributed by atoms with van der Waals surface area (Å²) in [6.45, 7) is 4.31. The van der Waals surface area contributed by atoms with Crippen LogP contribution in [-0.2, 0) is 20.7 Å². The summed E-state index contributed by atoms with van der Waals surface area (Å²) in [6, 6.07) is 8.99. The molecule has 0 aliphatic carbocycles. The molecule has 3 unspecified atom stereocenters. The number of ether oxygens (including phenoxy) is 2. The monoisotopic (exact) mass is 357 g/mol.